The maximum atomic E-state index is 12.9. The average Bonchev–Trinajstić information content (AvgIpc) is 3.10. The molecule has 1 aliphatic rings. The third kappa shape index (κ3) is 4.31. The number of sulfonamides is 1. The number of hydrogen-bond acceptors (Lipinski definition) is 6. The number of oxazole rings is 1. The van der Waals surface area contributed by atoms with E-state index >= 15 is 0 Å². The van der Waals surface area contributed by atoms with Gasteiger partial charge in [0.1, 0.15) is 5.52 Å². The molecule has 0 unspecified atom stereocenters. The Morgan fingerprint density at radius 2 is 1.76 bits per heavy atom. The van der Waals surface area contributed by atoms with E-state index in [2.05, 4.69) is 15.2 Å². The number of para-hydroxylation sites is 2. The summed E-state index contributed by atoms with van der Waals surface area (Å²) < 4.78 is 33.0. The summed E-state index contributed by atoms with van der Waals surface area (Å²) in [6.07, 6.45) is 0. The van der Waals surface area contributed by atoms with Gasteiger partial charge >= 0.3 is 0 Å². The van der Waals surface area contributed by atoms with E-state index in [-0.39, 0.29) is 10.8 Å². The van der Waals surface area contributed by atoms with Gasteiger partial charge in [0.2, 0.25) is 21.8 Å². The molecule has 0 saturated carbocycles. The first kappa shape index (κ1) is 19.6. The Morgan fingerprint density at radius 1 is 1.07 bits per heavy atom. The van der Waals surface area contributed by atoms with Gasteiger partial charge in [-0.05, 0) is 36.4 Å². The lowest BCUT2D eigenvalue weighted by Crippen LogP contribution is -2.48. The highest BCUT2D eigenvalue weighted by atomic mass is 32.2. The van der Waals surface area contributed by atoms with Gasteiger partial charge in [-0.15, -0.1) is 0 Å². The van der Waals surface area contributed by atoms with Crippen LogP contribution in [-0.2, 0) is 21.4 Å². The van der Waals surface area contributed by atoms with Crippen LogP contribution in [0.3, 0.4) is 0 Å². The molecule has 8 nitrogen and oxygen atoms in total. The fraction of sp³-hybridized carbons (Fsp3) is 0.300. The number of piperazine rings is 1. The number of amides is 1. The molecule has 9 heteroatoms. The van der Waals surface area contributed by atoms with Crippen LogP contribution in [-0.4, -0.2) is 54.7 Å². The van der Waals surface area contributed by atoms with Gasteiger partial charge in [-0.2, -0.15) is 4.31 Å². The Bertz CT molecular complexity index is 1080. The smallest absolute Gasteiger partial charge is 0.243 e. The van der Waals surface area contributed by atoms with Crippen LogP contribution in [0, 0.1) is 0 Å². The highest BCUT2D eigenvalue weighted by molar-refractivity contribution is 7.89. The standard InChI is InChI=1S/C20H22N4O4S/c1-15(25)21-16-6-8-17(9-7-16)29(26,27)24-12-10-23(11-13-24)14-20-22-18-4-2-3-5-19(18)28-20/h2-9H,10-14H2,1H3,(H,21,25). The first-order valence-corrected chi connectivity index (χ1v) is 10.8. The minimum Gasteiger partial charge on any atom is -0.439 e. The number of carbonyl (C=O) groups is 1. The van der Waals surface area contributed by atoms with E-state index in [0.29, 0.717) is 44.3 Å². The maximum absolute atomic E-state index is 12.9. The summed E-state index contributed by atoms with van der Waals surface area (Å²) in [7, 11) is -3.57. The summed E-state index contributed by atoms with van der Waals surface area (Å²) in [6, 6.07) is 13.8. The minimum atomic E-state index is -3.57. The molecule has 0 atom stereocenters. The highest BCUT2D eigenvalue weighted by Crippen LogP contribution is 2.21. The first-order chi connectivity index (χ1) is 13.9. The Kier molecular flexibility index (Phi) is 5.35. The topological polar surface area (TPSA) is 95.8 Å². The number of nitrogens with one attached hydrogen (secondary N) is 1. The van der Waals surface area contributed by atoms with Crippen molar-refractivity contribution in [3.05, 3.63) is 54.4 Å². The lowest BCUT2D eigenvalue weighted by Gasteiger charge is -2.33. The monoisotopic (exact) mass is 414 g/mol. The molecule has 0 bridgehead atoms. The van der Waals surface area contributed by atoms with Gasteiger partial charge in [0, 0.05) is 38.8 Å². The Morgan fingerprint density at radius 3 is 2.41 bits per heavy atom. The normalized spacial score (nSPS) is 16.2. The highest BCUT2D eigenvalue weighted by Gasteiger charge is 2.29. The van der Waals surface area contributed by atoms with Gasteiger partial charge in [-0.25, -0.2) is 13.4 Å². The first-order valence-electron chi connectivity index (χ1n) is 9.36. The fourth-order valence-electron chi connectivity index (χ4n) is 3.37. The minimum absolute atomic E-state index is 0.198. The van der Waals surface area contributed by atoms with Crippen molar-refractivity contribution in [1.82, 2.24) is 14.2 Å². The van der Waals surface area contributed by atoms with E-state index in [4.69, 9.17) is 4.42 Å². The summed E-state index contributed by atoms with van der Waals surface area (Å²) in [6.45, 7) is 3.95. The zero-order chi connectivity index (χ0) is 20.4. The van der Waals surface area contributed by atoms with Gasteiger partial charge in [-0.3, -0.25) is 9.69 Å². The van der Waals surface area contributed by atoms with Crippen LogP contribution < -0.4 is 5.32 Å². The van der Waals surface area contributed by atoms with Crippen molar-refractivity contribution in [2.75, 3.05) is 31.5 Å². The lowest BCUT2D eigenvalue weighted by atomic mass is 10.3. The maximum Gasteiger partial charge on any atom is 0.243 e. The number of fused-ring (bicyclic) bond motifs is 1. The van der Waals surface area contributed by atoms with Crippen molar-refractivity contribution in [3.63, 3.8) is 0 Å². The van der Waals surface area contributed by atoms with Crippen LogP contribution >= 0.6 is 0 Å². The largest absolute Gasteiger partial charge is 0.439 e. The van der Waals surface area contributed by atoms with Crippen LogP contribution in [0.1, 0.15) is 12.8 Å². The van der Waals surface area contributed by atoms with Crippen LogP contribution in [0.25, 0.3) is 11.1 Å². The van der Waals surface area contributed by atoms with Crippen molar-refractivity contribution in [1.29, 1.82) is 0 Å². The van der Waals surface area contributed by atoms with Gasteiger partial charge in [-0.1, -0.05) is 12.1 Å². The van der Waals surface area contributed by atoms with E-state index < -0.39 is 10.0 Å². The second-order valence-corrected chi connectivity index (χ2v) is 8.90. The Labute approximate surface area is 169 Å². The molecule has 4 rings (SSSR count). The Balaban J connectivity index is 1.38. The third-order valence-electron chi connectivity index (χ3n) is 4.84. The summed E-state index contributed by atoms with van der Waals surface area (Å²) in [4.78, 5) is 17.9. The fourth-order valence-corrected chi connectivity index (χ4v) is 4.79. The van der Waals surface area contributed by atoms with Crippen molar-refractivity contribution < 1.29 is 17.6 Å². The van der Waals surface area contributed by atoms with Crippen molar-refractivity contribution in [3.8, 4) is 0 Å². The summed E-state index contributed by atoms with van der Waals surface area (Å²) in [5, 5.41) is 2.63. The van der Waals surface area contributed by atoms with Gasteiger partial charge in [0.25, 0.3) is 0 Å². The molecule has 1 aliphatic heterocycles. The van der Waals surface area contributed by atoms with Crippen LogP contribution in [0.2, 0.25) is 0 Å². The van der Waals surface area contributed by atoms with Crippen molar-refractivity contribution >= 4 is 32.7 Å². The van der Waals surface area contributed by atoms with Crippen LogP contribution in [0.4, 0.5) is 5.69 Å². The number of rotatable bonds is 5. The quantitative estimate of drug-likeness (QED) is 0.688. The molecule has 3 aromatic rings. The molecule has 29 heavy (non-hydrogen) atoms. The number of benzene rings is 2. The number of nitrogens with zero attached hydrogens (tertiary/aromatic N) is 3. The van der Waals surface area contributed by atoms with E-state index in [1.54, 1.807) is 12.1 Å². The summed E-state index contributed by atoms with van der Waals surface area (Å²) in [5.74, 6) is 0.437. The summed E-state index contributed by atoms with van der Waals surface area (Å²) >= 11 is 0. The third-order valence-corrected chi connectivity index (χ3v) is 6.75. The molecule has 152 valence electrons. The number of carbonyl (C=O) groups excluding carboxylic acids is 1. The number of anilines is 1. The average molecular weight is 414 g/mol. The lowest BCUT2D eigenvalue weighted by molar-refractivity contribution is -0.114. The molecule has 1 aromatic heterocycles. The predicted octanol–water partition coefficient (Wildman–Crippen LogP) is 2.29. The van der Waals surface area contributed by atoms with Crippen LogP contribution in [0.15, 0.2) is 57.8 Å². The zero-order valence-electron chi connectivity index (χ0n) is 16.0. The summed E-state index contributed by atoms with van der Waals surface area (Å²) in [5.41, 5.74) is 2.15. The molecule has 1 amide bonds. The molecule has 2 heterocycles. The second kappa shape index (κ2) is 7.94. The van der Waals surface area contributed by atoms with E-state index in [1.165, 1.54) is 23.4 Å². The van der Waals surface area contributed by atoms with Gasteiger partial charge < -0.3 is 9.73 Å². The molecular weight excluding hydrogens is 392 g/mol. The van der Waals surface area contributed by atoms with Crippen LogP contribution in [0.5, 0.6) is 0 Å². The molecule has 0 spiro atoms. The SMILES string of the molecule is CC(=O)Nc1ccc(S(=O)(=O)N2CCN(Cc3nc4ccccc4o3)CC2)cc1. The number of hydrogen-bond donors (Lipinski definition) is 1. The van der Waals surface area contributed by atoms with Gasteiger partial charge in [0.05, 0.1) is 11.4 Å². The van der Waals surface area contributed by atoms with E-state index in [9.17, 15) is 13.2 Å². The predicted molar refractivity (Wildman–Crippen MR) is 109 cm³/mol. The van der Waals surface area contributed by atoms with Gasteiger partial charge in [0.15, 0.2) is 5.58 Å². The molecule has 2 aromatic carbocycles. The zero-order valence-corrected chi connectivity index (χ0v) is 16.9. The molecule has 1 fully saturated rings. The molecule has 1 N–H and O–H groups in total. The van der Waals surface area contributed by atoms with Crippen molar-refractivity contribution in [2.45, 2.75) is 18.4 Å². The second-order valence-electron chi connectivity index (χ2n) is 6.96. The molecule has 0 radical (unpaired) electrons. The van der Waals surface area contributed by atoms with E-state index in [1.807, 2.05) is 24.3 Å². The Hall–Kier alpha value is -2.75. The van der Waals surface area contributed by atoms with E-state index in [0.717, 1.165) is 11.1 Å². The van der Waals surface area contributed by atoms with Crippen molar-refractivity contribution in [2.24, 2.45) is 0 Å². The molecular formula is C20H22N4O4S. The number of aromatic nitrogens is 1. The molecule has 1 saturated heterocycles. The molecule has 0 aliphatic carbocycles.